The summed E-state index contributed by atoms with van der Waals surface area (Å²) in [7, 11) is 3.80. The van der Waals surface area contributed by atoms with Crippen LogP contribution in [-0.4, -0.2) is 54.9 Å². The molecule has 0 atom stereocenters. The van der Waals surface area contributed by atoms with Gasteiger partial charge in [-0.05, 0) is 55.2 Å². The van der Waals surface area contributed by atoms with Crippen molar-refractivity contribution in [2.75, 3.05) is 32.5 Å². The van der Waals surface area contributed by atoms with Crippen LogP contribution in [0.4, 0.5) is 10.5 Å². The maximum absolute atomic E-state index is 13.6. The molecule has 1 aliphatic rings. The molecule has 1 heterocycles. The molecule has 0 fully saturated rings. The second-order valence-electron chi connectivity index (χ2n) is 8.45. The fourth-order valence-electron chi connectivity index (χ4n) is 4.31. The van der Waals surface area contributed by atoms with Crippen LogP contribution in [0.25, 0.3) is 21.5 Å². The number of para-hydroxylation sites is 1. The Hall–Kier alpha value is -4.23. The van der Waals surface area contributed by atoms with Gasteiger partial charge in [0.1, 0.15) is 5.75 Å². The number of hydrogen-bond donors (Lipinski definition) is 1. The first-order valence-corrected chi connectivity index (χ1v) is 11.0. The van der Waals surface area contributed by atoms with E-state index >= 15 is 0 Å². The number of fused-ring (bicyclic) bond motifs is 2. The summed E-state index contributed by atoms with van der Waals surface area (Å²) in [5, 5.41) is 5.58. The molecule has 0 saturated carbocycles. The molecule has 1 aliphatic heterocycles. The van der Waals surface area contributed by atoms with Crippen LogP contribution in [0.15, 0.2) is 72.8 Å². The fraction of sp³-hybridized carbons (Fsp3) is 0.148. The summed E-state index contributed by atoms with van der Waals surface area (Å²) in [6, 6.07) is 21.5. The van der Waals surface area contributed by atoms with Crippen molar-refractivity contribution in [2.24, 2.45) is 0 Å². The van der Waals surface area contributed by atoms with E-state index in [4.69, 9.17) is 4.74 Å². The SMILES string of the molecule is CN(C)CCN1C(=O)c2cccc3cc4c(NC(=O)Oc5ccccc5)cccc4c(c23)C1=O. The van der Waals surface area contributed by atoms with E-state index in [0.717, 1.165) is 5.39 Å². The predicted octanol–water partition coefficient (Wildman–Crippen LogP) is 4.76. The second-order valence-corrected chi connectivity index (χ2v) is 8.45. The van der Waals surface area contributed by atoms with Crippen LogP contribution in [0.2, 0.25) is 0 Å². The molecule has 3 amide bonds. The van der Waals surface area contributed by atoms with Crippen molar-refractivity contribution >= 4 is 45.1 Å². The summed E-state index contributed by atoms with van der Waals surface area (Å²) in [5.74, 6) is -0.189. The van der Waals surface area contributed by atoms with Gasteiger partial charge in [-0.3, -0.25) is 19.8 Å². The second kappa shape index (κ2) is 8.61. The number of carbonyl (C=O) groups is 3. The quantitative estimate of drug-likeness (QED) is 0.348. The van der Waals surface area contributed by atoms with Crippen molar-refractivity contribution in [3.8, 4) is 5.75 Å². The Morgan fingerprint density at radius 3 is 2.44 bits per heavy atom. The summed E-state index contributed by atoms with van der Waals surface area (Å²) in [5.41, 5.74) is 1.50. The van der Waals surface area contributed by atoms with Crippen LogP contribution in [-0.2, 0) is 0 Å². The van der Waals surface area contributed by atoms with Crippen LogP contribution in [0.3, 0.4) is 0 Å². The number of anilines is 1. The maximum atomic E-state index is 13.6. The molecule has 0 radical (unpaired) electrons. The highest BCUT2D eigenvalue weighted by atomic mass is 16.6. The predicted molar refractivity (Wildman–Crippen MR) is 131 cm³/mol. The Morgan fingerprint density at radius 1 is 0.912 bits per heavy atom. The number of ether oxygens (including phenoxy) is 1. The average Bonchev–Trinajstić information content (AvgIpc) is 2.82. The van der Waals surface area contributed by atoms with Gasteiger partial charge in [-0.2, -0.15) is 0 Å². The van der Waals surface area contributed by atoms with Crippen LogP contribution < -0.4 is 10.1 Å². The molecule has 5 rings (SSSR count). The van der Waals surface area contributed by atoms with Gasteiger partial charge in [0.05, 0.1) is 11.3 Å². The third-order valence-electron chi connectivity index (χ3n) is 5.92. The highest BCUT2D eigenvalue weighted by molar-refractivity contribution is 6.31. The first kappa shape index (κ1) is 21.6. The lowest BCUT2D eigenvalue weighted by Crippen LogP contribution is -2.43. The minimum absolute atomic E-state index is 0.287. The van der Waals surface area contributed by atoms with Crippen molar-refractivity contribution in [3.63, 3.8) is 0 Å². The van der Waals surface area contributed by atoms with E-state index in [2.05, 4.69) is 5.32 Å². The standard InChI is InChI=1S/C27H23N3O4/c1-29(2)14-15-30-25(31)20-12-6-8-17-16-21-19(24(23(17)20)26(30)32)11-7-13-22(21)28-27(33)34-18-9-4-3-5-10-18/h3-13,16H,14-15H2,1-2H3,(H,28,33). The highest BCUT2D eigenvalue weighted by Crippen LogP contribution is 2.38. The smallest absolute Gasteiger partial charge is 0.410 e. The van der Waals surface area contributed by atoms with E-state index in [-0.39, 0.29) is 18.4 Å². The van der Waals surface area contributed by atoms with Crippen LogP contribution in [0, 0.1) is 0 Å². The number of likely N-dealkylation sites (N-methyl/N-ethyl adjacent to an activating group) is 1. The van der Waals surface area contributed by atoms with Crippen molar-refractivity contribution in [1.29, 1.82) is 0 Å². The van der Waals surface area contributed by atoms with Gasteiger partial charge in [0, 0.05) is 29.4 Å². The minimum Gasteiger partial charge on any atom is -0.410 e. The molecule has 0 unspecified atom stereocenters. The molecule has 0 saturated heterocycles. The third kappa shape index (κ3) is 3.76. The molecule has 7 nitrogen and oxygen atoms in total. The summed E-state index contributed by atoms with van der Waals surface area (Å²) in [6.45, 7) is 0.851. The molecule has 1 N–H and O–H groups in total. The van der Waals surface area contributed by atoms with Crippen molar-refractivity contribution in [3.05, 3.63) is 83.9 Å². The number of imide groups is 1. The van der Waals surface area contributed by atoms with E-state index < -0.39 is 6.09 Å². The number of amides is 3. The van der Waals surface area contributed by atoms with Crippen LogP contribution in [0.1, 0.15) is 20.7 Å². The number of benzene rings is 4. The Morgan fingerprint density at radius 2 is 1.68 bits per heavy atom. The minimum atomic E-state index is -0.629. The Kier molecular flexibility index (Phi) is 5.47. The Labute approximate surface area is 196 Å². The number of carbonyl (C=O) groups excluding carboxylic acids is 3. The Balaban J connectivity index is 1.61. The number of hydrogen-bond acceptors (Lipinski definition) is 5. The van der Waals surface area contributed by atoms with Crippen LogP contribution >= 0.6 is 0 Å². The van der Waals surface area contributed by atoms with Gasteiger partial charge < -0.3 is 9.64 Å². The van der Waals surface area contributed by atoms with E-state index in [9.17, 15) is 14.4 Å². The zero-order valence-electron chi connectivity index (χ0n) is 18.9. The summed E-state index contributed by atoms with van der Waals surface area (Å²) >= 11 is 0. The van der Waals surface area contributed by atoms with Crippen molar-refractivity contribution in [1.82, 2.24) is 9.80 Å². The molecule has 0 bridgehead atoms. The maximum Gasteiger partial charge on any atom is 0.417 e. The van der Waals surface area contributed by atoms with Gasteiger partial charge in [0.2, 0.25) is 0 Å². The lowest BCUT2D eigenvalue weighted by molar-refractivity contribution is 0.0602. The van der Waals surface area contributed by atoms with Gasteiger partial charge >= 0.3 is 6.09 Å². The lowest BCUT2D eigenvalue weighted by Gasteiger charge is -2.29. The molecule has 0 aliphatic carbocycles. The zero-order valence-corrected chi connectivity index (χ0v) is 18.9. The molecule has 0 spiro atoms. The third-order valence-corrected chi connectivity index (χ3v) is 5.92. The summed E-state index contributed by atoms with van der Waals surface area (Å²) < 4.78 is 5.37. The number of nitrogens with zero attached hydrogens (tertiary/aromatic N) is 2. The first-order chi connectivity index (χ1) is 16.4. The molecule has 7 heteroatoms. The van der Waals surface area contributed by atoms with E-state index in [1.165, 1.54) is 4.90 Å². The molecule has 0 aromatic heterocycles. The van der Waals surface area contributed by atoms with Gasteiger partial charge in [0.25, 0.3) is 11.8 Å². The first-order valence-electron chi connectivity index (χ1n) is 11.0. The molecule has 170 valence electrons. The monoisotopic (exact) mass is 453 g/mol. The van der Waals surface area contributed by atoms with E-state index in [1.807, 2.05) is 49.3 Å². The molecule has 34 heavy (non-hydrogen) atoms. The van der Waals surface area contributed by atoms with E-state index in [0.29, 0.717) is 45.3 Å². The molecule has 4 aromatic carbocycles. The molecular formula is C27H23N3O4. The van der Waals surface area contributed by atoms with Gasteiger partial charge in [-0.1, -0.05) is 42.5 Å². The lowest BCUT2D eigenvalue weighted by atomic mass is 9.89. The van der Waals surface area contributed by atoms with Gasteiger partial charge in [-0.15, -0.1) is 0 Å². The average molecular weight is 453 g/mol. The van der Waals surface area contributed by atoms with Crippen molar-refractivity contribution in [2.45, 2.75) is 0 Å². The van der Waals surface area contributed by atoms with Crippen LogP contribution in [0.5, 0.6) is 5.75 Å². The topological polar surface area (TPSA) is 78.9 Å². The van der Waals surface area contributed by atoms with Crippen molar-refractivity contribution < 1.29 is 19.1 Å². The highest BCUT2D eigenvalue weighted by Gasteiger charge is 2.34. The summed E-state index contributed by atoms with van der Waals surface area (Å²) in [4.78, 5) is 42.5. The van der Waals surface area contributed by atoms with Gasteiger partial charge in [0.15, 0.2) is 0 Å². The summed E-state index contributed by atoms with van der Waals surface area (Å²) in [6.07, 6.45) is -0.629. The Bertz CT molecular complexity index is 1450. The zero-order chi connectivity index (χ0) is 23.8. The normalized spacial score (nSPS) is 13.1. The number of rotatable bonds is 5. The fourth-order valence-corrected chi connectivity index (χ4v) is 4.31. The molecular weight excluding hydrogens is 430 g/mol. The van der Waals surface area contributed by atoms with Gasteiger partial charge in [-0.25, -0.2) is 4.79 Å². The molecule has 4 aromatic rings. The number of nitrogens with one attached hydrogen (secondary N) is 1. The van der Waals surface area contributed by atoms with E-state index in [1.54, 1.807) is 42.5 Å². The largest absolute Gasteiger partial charge is 0.417 e.